The van der Waals surface area contributed by atoms with Crippen LogP contribution in [0.2, 0.25) is 5.02 Å². The third-order valence-electron chi connectivity index (χ3n) is 7.00. The number of amides is 1. The zero-order valence-corrected chi connectivity index (χ0v) is 22.3. The Morgan fingerprint density at radius 3 is 2.38 bits per heavy atom. The highest BCUT2D eigenvalue weighted by Crippen LogP contribution is 2.46. The molecule has 1 aliphatic rings. The molecule has 0 radical (unpaired) electrons. The Morgan fingerprint density at radius 1 is 1.08 bits per heavy atom. The highest BCUT2D eigenvalue weighted by atomic mass is 35.5. The molecule has 7 heteroatoms. The smallest absolute Gasteiger partial charge is 0.273 e. The molecular weight excluding hydrogens is 486 g/mol. The molecule has 0 bridgehead atoms. The monoisotopic (exact) mass is 515 g/mol. The van der Waals surface area contributed by atoms with Gasteiger partial charge < -0.3 is 14.7 Å². The number of phenolic OH excluding ortho intramolecular Hbond substituents is 1. The van der Waals surface area contributed by atoms with E-state index in [0.29, 0.717) is 28.5 Å². The normalized spacial score (nSPS) is 15.2. The van der Waals surface area contributed by atoms with Crippen LogP contribution in [0.25, 0.3) is 11.3 Å². The molecule has 190 valence electrons. The molecule has 0 saturated carbocycles. The fourth-order valence-corrected chi connectivity index (χ4v) is 5.02. The van der Waals surface area contributed by atoms with Crippen LogP contribution < -0.4 is 4.74 Å². The van der Waals surface area contributed by atoms with Gasteiger partial charge in [0.2, 0.25) is 0 Å². The number of rotatable bonds is 5. The largest absolute Gasteiger partial charge is 0.507 e. The van der Waals surface area contributed by atoms with Crippen LogP contribution in [0, 0.1) is 6.92 Å². The number of nitrogens with one attached hydrogen (secondary N) is 1. The summed E-state index contributed by atoms with van der Waals surface area (Å²) in [5.41, 5.74) is 6.08. The minimum atomic E-state index is -0.396. The van der Waals surface area contributed by atoms with Gasteiger partial charge in [-0.2, -0.15) is 5.10 Å². The number of carbonyl (C=O) groups excluding carboxylic acids is 1. The number of aromatic nitrogens is 2. The molecule has 0 saturated heterocycles. The van der Waals surface area contributed by atoms with Crippen LogP contribution in [0.4, 0.5) is 0 Å². The Morgan fingerprint density at radius 2 is 1.76 bits per heavy atom. The molecule has 1 aromatic heterocycles. The van der Waals surface area contributed by atoms with Gasteiger partial charge in [-0.25, -0.2) is 0 Å². The maximum absolute atomic E-state index is 13.7. The summed E-state index contributed by atoms with van der Waals surface area (Å²) in [6, 6.07) is 19.0. The SMILES string of the molecule is COc1ccc(CN2C(=O)c3[nH]nc(-c4cc(Cl)c(C)cc4O)c3C2c2ccc(C(C)(C)C)cc2)cc1. The average molecular weight is 516 g/mol. The summed E-state index contributed by atoms with van der Waals surface area (Å²) in [4.78, 5) is 15.6. The van der Waals surface area contributed by atoms with Crippen molar-refractivity contribution in [3.8, 4) is 22.8 Å². The van der Waals surface area contributed by atoms with Gasteiger partial charge in [0.25, 0.3) is 5.91 Å². The topological polar surface area (TPSA) is 78.5 Å². The maximum atomic E-state index is 13.7. The Kier molecular flexibility index (Phi) is 6.24. The number of phenols is 1. The zero-order valence-electron chi connectivity index (χ0n) is 21.6. The van der Waals surface area contributed by atoms with Gasteiger partial charge in [0, 0.05) is 22.7 Å². The summed E-state index contributed by atoms with van der Waals surface area (Å²) >= 11 is 6.42. The van der Waals surface area contributed by atoms with Crippen molar-refractivity contribution in [3.63, 3.8) is 0 Å². The molecule has 6 nitrogen and oxygen atoms in total. The first-order chi connectivity index (χ1) is 17.6. The van der Waals surface area contributed by atoms with Gasteiger partial charge in [0.15, 0.2) is 0 Å². The van der Waals surface area contributed by atoms with Crippen molar-refractivity contribution < 1.29 is 14.6 Å². The van der Waals surface area contributed by atoms with Gasteiger partial charge in [0.1, 0.15) is 22.9 Å². The summed E-state index contributed by atoms with van der Waals surface area (Å²) in [6.07, 6.45) is 0. The highest BCUT2D eigenvalue weighted by molar-refractivity contribution is 6.31. The van der Waals surface area contributed by atoms with E-state index in [9.17, 15) is 9.90 Å². The van der Waals surface area contributed by atoms with E-state index in [2.05, 4.69) is 55.2 Å². The van der Waals surface area contributed by atoms with E-state index in [0.717, 1.165) is 28.0 Å². The molecule has 1 unspecified atom stereocenters. The van der Waals surface area contributed by atoms with Gasteiger partial charge in [-0.3, -0.25) is 9.89 Å². The lowest BCUT2D eigenvalue weighted by Crippen LogP contribution is -2.29. The van der Waals surface area contributed by atoms with Crippen LogP contribution in [-0.2, 0) is 12.0 Å². The first-order valence-electron chi connectivity index (χ1n) is 12.2. The Labute approximate surface area is 221 Å². The predicted octanol–water partition coefficient (Wildman–Crippen LogP) is 6.80. The van der Waals surface area contributed by atoms with E-state index in [4.69, 9.17) is 16.3 Å². The van der Waals surface area contributed by atoms with Crippen molar-refractivity contribution in [2.45, 2.75) is 45.7 Å². The van der Waals surface area contributed by atoms with Crippen molar-refractivity contribution >= 4 is 17.5 Å². The Balaban J connectivity index is 1.64. The lowest BCUT2D eigenvalue weighted by molar-refractivity contribution is 0.0730. The molecule has 1 atom stereocenters. The summed E-state index contributed by atoms with van der Waals surface area (Å²) < 4.78 is 5.29. The number of aryl methyl sites for hydroxylation is 1. The van der Waals surface area contributed by atoms with Gasteiger partial charge in [-0.05, 0) is 58.9 Å². The molecule has 5 rings (SSSR count). The van der Waals surface area contributed by atoms with Crippen LogP contribution in [-0.4, -0.2) is 33.2 Å². The fourth-order valence-electron chi connectivity index (χ4n) is 4.86. The van der Waals surface area contributed by atoms with Gasteiger partial charge >= 0.3 is 0 Å². The van der Waals surface area contributed by atoms with Crippen LogP contribution in [0.3, 0.4) is 0 Å². The van der Waals surface area contributed by atoms with Gasteiger partial charge in [-0.1, -0.05) is 68.8 Å². The molecule has 0 spiro atoms. The maximum Gasteiger partial charge on any atom is 0.273 e. The van der Waals surface area contributed by atoms with E-state index in [1.165, 1.54) is 5.56 Å². The molecule has 0 aliphatic carbocycles. The van der Waals surface area contributed by atoms with Crippen molar-refractivity contribution in [3.05, 3.63) is 99.2 Å². The van der Waals surface area contributed by atoms with E-state index < -0.39 is 6.04 Å². The number of H-pyrrole nitrogens is 1. The molecule has 3 aromatic carbocycles. The lowest BCUT2D eigenvalue weighted by atomic mass is 9.85. The fraction of sp³-hybridized carbons (Fsp3) is 0.267. The third-order valence-corrected chi connectivity index (χ3v) is 7.41. The van der Waals surface area contributed by atoms with Crippen LogP contribution in [0.5, 0.6) is 11.5 Å². The van der Waals surface area contributed by atoms with Gasteiger partial charge in [-0.15, -0.1) is 0 Å². The lowest BCUT2D eigenvalue weighted by Gasteiger charge is -2.27. The van der Waals surface area contributed by atoms with E-state index in [1.807, 2.05) is 36.1 Å². The first kappa shape index (κ1) is 24.9. The molecule has 2 N–H and O–H groups in total. The minimum Gasteiger partial charge on any atom is -0.507 e. The van der Waals surface area contributed by atoms with E-state index in [1.54, 1.807) is 19.2 Å². The molecule has 0 fully saturated rings. The zero-order chi connectivity index (χ0) is 26.5. The molecule has 2 heterocycles. The van der Waals surface area contributed by atoms with E-state index >= 15 is 0 Å². The highest BCUT2D eigenvalue weighted by Gasteiger charge is 2.42. The number of hydrogen-bond acceptors (Lipinski definition) is 4. The first-order valence-corrected chi connectivity index (χ1v) is 12.6. The summed E-state index contributed by atoms with van der Waals surface area (Å²) in [7, 11) is 1.63. The number of aromatic amines is 1. The number of ether oxygens (including phenoxy) is 1. The molecular formula is C30H30ClN3O3. The second-order valence-corrected chi connectivity index (χ2v) is 10.9. The standard InChI is InChI=1S/C30H30ClN3O3/c1-17-14-24(35)22(15-23(17)31)26-25-27(33-32-26)29(36)34(16-18-6-12-21(37-5)13-7-18)28(25)19-8-10-20(11-9-19)30(2,3)4/h6-15,28,35H,16H2,1-5H3,(H,32,33). The molecule has 1 amide bonds. The number of halogens is 1. The van der Waals surface area contributed by atoms with Crippen molar-refractivity contribution in [1.29, 1.82) is 0 Å². The molecule has 4 aromatic rings. The number of nitrogens with zero attached hydrogens (tertiary/aromatic N) is 2. The van der Waals surface area contributed by atoms with E-state index in [-0.39, 0.29) is 17.1 Å². The molecule has 1 aliphatic heterocycles. The van der Waals surface area contributed by atoms with Gasteiger partial charge in [0.05, 0.1) is 13.2 Å². The van der Waals surface area contributed by atoms with Crippen molar-refractivity contribution in [2.75, 3.05) is 7.11 Å². The van der Waals surface area contributed by atoms with Crippen molar-refractivity contribution in [1.82, 2.24) is 15.1 Å². The number of methoxy groups -OCH3 is 1. The molecule has 37 heavy (non-hydrogen) atoms. The quantitative estimate of drug-likeness (QED) is 0.306. The number of hydrogen-bond donors (Lipinski definition) is 2. The number of benzene rings is 3. The number of carbonyl (C=O) groups is 1. The summed E-state index contributed by atoms with van der Waals surface area (Å²) in [6.45, 7) is 8.76. The van der Waals surface area contributed by atoms with Crippen LogP contribution in [0.15, 0.2) is 60.7 Å². The summed E-state index contributed by atoms with van der Waals surface area (Å²) in [5, 5.41) is 18.7. The Bertz CT molecular complexity index is 1470. The Hall–Kier alpha value is -3.77. The number of aromatic hydroxyl groups is 1. The van der Waals surface area contributed by atoms with Crippen LogP contribution in [0.1, 0.15) is 65.1 Å². The third kappa shape index (κ3) is 4.46. The minimum absolute atomic E-state index is 0.00318. The second kappa shape index (κ2) is 9.27. The predicted molar refractivity (Wildman–Crippen MR) is 145 cm³/mol. The number of fused-ring (bicyclic) bond motifs is 1. The second-order valence-electron chi connectivity index (χ2n) is 10.5. The van der Waals surface area contributed by atoms with Crippen molar-refractivity contribution in [2.24, 2.45) is 0 Å². The summed E-state index contributed by atoms with van der Waals surface area (Å²) in [5.74, 6) is 0.681. The average Bonchev–Trinajstić information content (AvgIpc) is 3.40. The van der Waals surface area contributed by atoms with Crippen LogP contribution >= 0.6 is 11.6 Å².